The molecule has 0 radical (unpaired) electrons. The Balaban J connectivity index is 1.42. The van der Waals surface area contributed by atoms with Crippen LogP contribution in [0, 0.1) is 19.3 Å². The van der Waals surface area contributed by atoms with Gasteiger partial charge in [0.15, 0.2) is 0 Å². The van der Waals surface area contributed by atoms with E-state index in [9.17, 15) is 34.8 Å². The molecule has 0 aliphatic rings. The third kappa shape index (κ3) is 15.9. The zero-order valence-corrected chi connectivity index (χ0v) is 29.6. The molecule has 3 unspecified atom stereocenters. The minimum atomic E-state index is -1.13. The van der Waals surface area contributed by atoms with Gasteiger partial charge in [-0.15, -0.1) is 0 Å². The fourth-order valence-electron chi connectivity index (χ4n) is 4.43. The van der Waals surface area contributed by atoms with Crippen molar-refractivity contribution in [3.05, 3.63) is 101 Å². The normalized spacial score (nSPS) is 14.1. The number of phenols is 1. The van der Waals surface area contributed by atoms with Crippen LogP contribution in [0.1, 0.15) is 49.1 Å². The molecule has 284 valence electrons. The lowest BCUT2D eigenvalue weighted by Crippen LogP contribution is -2.37. The second-order valence-electron chi connectivity index (χ2n) is 12.7. The van der Waals surface area contributed by atoms with Crippen LogP contribution in [-0.2, 0) is 33.2 Å². The predicted octanol–water partition coefficient (Wildman–Crippen LogP) is 2.99. The van der Waals surface area contributed by atoms with Gasteiger partial charge in [0, 0.05) is 5.41 Å². The lowest BCUT2D eigenvalue weighted by Gasteiger charge is -2.30. The number of carbonyl (C=O) groups is 3. The molecule has 3 atom stereocenters. The van der Waals surface area contributed by atoms with Gasteiger partial charge in [-0.05, 0) is 62.4 Å². The molecular formula is C38H48O14. The molecule has 4 N–H and O–H groups in total. The fraction of sp³-hybridized carbons (Fsp3) is 0.447. The number of ether oxygens (including phenoxy) is 7. The van der Waals surface area contributed by atoms with E-state index < -0.39 is 41.6 Å². The third-order valence-corrected chi connectivity index (χ3v) is 7.35. The second kappa shape index (κ2) is 21.8. The minimum absolute atomic E-state index is 0.00289. The number of benzene rings is 3. The van der Waals surface area contributed by atoms with Crippen LogP contribution in [0.15, 0.2) is 72.8 Å². The van der Waals surface area contributed by atoms with Crippen LogP contribution in [0.5, 0.6) is 5.75 Å². The molecule has 0 saturated heterocycles. The molecule has 0 amide bonds. The standard InChI is InChI=1S/C38H48O14/c1-26-4-8-28(9-5-26)35(43)50-19-32(40)16-46-22-38(3,23-47-17-33(41)20-51-36(44)29-10-6-27(2)7-11-29)24-49-25-48-18-34(42)21-52-37(45)30-12-14-31(39)15-13-30/h4-15,32-34,39-42H,16-25H2,1-3H3. The molecule has 14 nitrogen and oxygen atoms in total. The number of carbonyl (C=O) groups excluding carboxylic acids is 3. The van der Waals surface area contributed by atoms with Gasteiger partial charge in [0.05, 0.1) is 56.3 Å². The first-order valence-electron chi connectivity index (χ1n) is 16.6. The summed E-state index contributed by atoms with van der Waals surface area (Å²) in [7, 11) is 0. The summed E-state index contributed by atoms with van der Waals surface area (Å²) in [6.07, 6.45) is -3.36. The highest BCUT2D eigenvalue weighted by Gasteiger charge is 2.27. The van der Waals surface area contributed by atoms with Gasteiger partial charge in [0.25, 0.3) is 0 Å². The molecule has 0 saturated carbocycles. The van der Waals surface area contributed by atoms with Gasteiger partial charge in [0.2, 0.25) is 0 Å². The van der Waals surface area contributed by atoms with E-state index in [0.29, 0.717) is 11.1 Å². The topological polar surface area (TPSA) is 197 Å². The summed E-state index contributed by atoms with van der Waals surface area (Å²) in [5.41, 5.74) is 2.08. The van der Waals surface area contributed by atoms with Gasteiger partial charge < -0.3 is 53.6 Å². The van der Waals surface area contributed by atoms with E-state index in [2.05, 4.69) is 0 Å². The van der Waals surface area contributed by atoms with Crippen molar-refractivity contribution < 1.29 is 68.0 Å². The van der Waals surface area contributed by atoms with E-state index >= 15 is 0 Å². The Kier molecular flexibility index (Phi) is 17.6. The Morgan fingerprint density at radius 3 is 1.23 bits per heavy atom. The maximum absolute atomic E-state index is 12.3. The van der Waals surface area contributed by atoms with Crippen molar-refractivity contribution in [2.75, 3.05) is 66.3 Å². The van der Waals surface area contributed by atoms with Crippen LogP contribution >= 0.6 is 0 Å². The first-order valence-corrected chi connectivity index (χ1v) is 16.6. The molecule has 3 aromatic rings. The molecule has 0 aliphatic carbocycles. The Labute approximate surface area is 302 Å². The maximum atomic E-state index is 12.3. The third-order valence-electron chi connectivity index (χ3n) is 7.35. The van der Waals surface area contributed by atoms with Crippen LogP contribution < -0.4 is 0 Å². The van der Waals surface area contributed by atoms with E-state index in [1.807, 2.05) is 13.8 Å². The lowest BCUT2D eigenvalue weighted by atomic mass is 9.94. The molecule has 3 rings (SSSR count). The highest BCUT2D eigenvalue weighted by molar-refractivity contribution is 5.90. The largest absolute Gasteiger partial charge is 0.508 e. The summed E-state index contributed by atoms with van der Waals surface area (Å²) >= 11 is 0. The van der Waals surface area contributed by atoms with E-state index in [0.717, 1.165) is 11.1 Å². The zero-order chi connectivity index (χ0) is 37.9. The maximum Gasteiger partial charge on any atom is 0.338 e. The summed E-state index contributed by atoms with van der Waals surface area (Å²) < 4.78 is 37.9. The fourth-order valence-corrected chi connectivity index (χ4v) is 4.43. The average Bonchev–Trinajstić information content (AvgIpc) is 3.12. The van der Waals surface area contributed by atoms with E-state index in [-0.39, 0.29) is 77.6 Å². The SMILES string of the molecule is Cc1ccc(C(=O)OCC(O)COCC(C)(COCOCC(O)COC(=O)c2ccc(O)cc2)COCC(O)COC(=O)c2ccc(C)cc2)cc1. The van der Waals surface area contributed by atoms with Gasteiger partial charge in [-0.25, -0.2) is 14.4 Å². The summed E-state index contributed by atoms with van der Waals surface area (Å²) in [6.45, 7) is 3.95. The quantitative estimate of drug-likeness (QED) is 0.0481. The number of aliphatic hydroxyl groups is 3. The van der Waals surface area contributed by atoms with Crippen molar-refractivity contribution in [2.45, 2.75) is 39.1 Å². The first kappa shape index (κ1) is 42.0. The molecule has 0 aromatic heterocycles. The van der Waals surface area contributed by atoms with Crippen molar-refractivity contribution in [1.82, 2.24) is 0 Å². The van der Waals surface area contributed by atoms with Crippen molar-refractivity contribution in [1.29, 1.82) is 0 Å². The Hall–Kier alpha value is -4.41. The second-order valence-corrected chi connectivity index (χ2v) is 12.7. The van der Waals surface area contributed by atoms with Crippen molar-refractivity contribution in [2.24, 2.45) is 5.41 Å². The molecule has 52 heavy (non-hydrogen) atoms. The predicted molar refractivity (Wildman–Crippen MR) is 186 cm³/mol. The Bertz CT molecular complexity index is 1430. The van der Waals surface area contributed by atoms with Crippen LogP contribution in [0.2, 0.25) is 0 Å². The number of aryl methyl sites for hydroxylation is 2. The van der Waals surface area contributed by atoms with E-state index in [1.165, 1.54) is 24.3 Å². The summed E-state index contributed by atoms with van der Waals surface area (Å²) in [6, 6.07) is 19.1. The number of aromatic hydroxyl groups is 1. The number of esters is 3. The van der Waals surface area contributed by atoms with Crippen molar-refractivity contribution in [3.63, 3.8) is 0 Å². The van der Waals surface area contributed by atoms with Crippen LogP contribution in [0.25, 0.3) is 0 Å². The number of aliphatic hydroxyl groups excluding tert-OH is 3. The lowest BCUT2D eigenvalue weighted by molar-refractivity contribution is -0.133. The van der Waals surface area contributed by atoms with Crippen LogP contribution in [0.3, 0.4) is 0 Å². The molecule has 0 aliphatic heterocycles. The number of hydrogen-bond acceptors (Lipinski definition) is 14. The summed E-state index contributed by atoms with van der Waals surface area (Å²) in [4.78, 5) is 36.6. The van der Waals surface area contributed by atoms with Crippen LogP contribution in [-0.4, -0.2) is 123 Å². The molecule has 0 spiro atoms. The number of rotatable bonds is 23. The smallest absolute Gasteiger partial charge is 0.338 e. The number of hydrogen-bond donors (Lipinski definition) is 4. The van der Waals surface area contributed by atoms with Crippen LogP contribution in [0.4, 0.5) is 0 Å². The molecule has 0 fully saturated rings. The molecule has 0 heterocycles. The van der Waals surface area contributed by atoms with Crippen molar-refractivity contribution >= 4 is 17.9 Å². The van der Waals surface area contributed by atoms with Gasteiger partial charge >= 0.3 is 17.9 Å². The van der Waals surface area contributed by atoms with E-state index in [1.54, 1.807) is 55.5 Å². The van der Waals surface area contributed by atoms with Gasteiger partial charge in [0.1, 0.15) is 50.7 Å². The van der Waals surface area contributed by atoms with Gasteiger partial charge in [-0.1, -0.05) is 42.3 Å². The highest BCUT2D eigenvalue weighted by atomic mass is 16.7. The average molecular weight is 729 g/mol. The summed E-state index contributed by atoms with van der Waals surface area (Å²) in [5, 5.41) is 40.2. The molecule has 3 aromatic carbocycles. The highest BCUT2D eigenvalue weighted by Crippen LogP contribution is 2.19. The monoisotopic (exact) mass is 728 g/mol. The summed E-state index contributed by atoms with van der Waals surface area (Å²) in [5.74, 6) is -1.82. The van der Waals surface area contributed by atoms with Gasteiger partial charge in [-0.2, -0.15) is 0 Å². The molecule has 0 bridgehead atoms. The molecular weight excluding hydrogens is 680 g/mol. The first-order chi connectivity index (χ1) is 24.8. The van der Waals surface area contributed by atoms with Gasteiger partial charge in [-0.3, -0.25) is 0 Å². The van der Waals surface area contributed by atoms with E-state index in [4.69, 9.17) is 33.2 Å². The zero-order valence-electron chi connectivity index (χ0n) is 29.6. The number of phenolic OH excluding ortho intramolecular Hbond substituents is 1. The Morgan fingerprint density at radius 2 is 0.846 bits per heavy atom. The van der Waals surface area contributed by atoms with Crippen molar-refractivity contribution in [3.8, 4) is 5.75 Å². The molecule has 14 heteroatoms. The minimum Gasteiger partial charge on any atom is -0.508 e. The Morgan fingerprint density at radius 1 is 0.519 bits per heavy atom.